The Labute approximate surface area is 118 Å². The molecule has 20 heavy (non-hydrogen) atoms. The van der Waals surface area contributed by atoms with Crippen LogP contribution >= 0.6 is 0 Å². The molecule has 1 fully saturated rings. The molecule has 1 aromatic heterocycles. The van der Waals surface area contributed by atoms with Crippen molar-refractivity contribution in [3.05, 3.63) is 22.2 Å². The Morgan fingerprint density at radius 3 is 2.85 bits per heavy atom. The predicted octanol–water partition coefficient (Wildman–Crippen LogP) is 1.93. The van der Waals surface area contributed by atoms with Gasteiger partial charge >= 0.3 is 0 Å². The first-order chi connectivity index (χ1) is 9.58. The predicted molar refractivity (Wildman–Crippen MR) is 79.2 cm³/mol. The molecule has 1 atom stereocenters. The topological polar surface area (TPSA) is 83.3 Å². The van der Waals surface area contributed by atoms with Crippen molar-refractivity contribution in [2.24, 2.45) is 0 Å². The number of nitrogens with zero attached hydrogens (tertiary/aromatic N) is 3. The van der Waals surface area contributed by atoms with Gasteiger partial charge in [-0.25, -0.2) is 4.98 Å². The lowest BCUT2D eigenvalue weighted by atomic mass is 10.2. The maximum absolute atomic E-state index is 11.0. The summed E-state index contributed by atoms with van der Waals surface area (Å²) in [7, 11) is 2.07. The smallest absolute Gasteiger partial charge is 0.276 e. The van der Waals surface area contributed by atoms with E-state index in [4.69, 9.17) is 0 Å². The Bertz CT molecular complexity index is 480. The summed E-state index contributed by atoms with van der Waals surface area (Å²) >= 11 is 0. The molecule has 0 aliphatic carbocycles. The normalized spacial score (nSPS) is 19.0. The molecule has 0 saturated carbocycles. The second-order valence-corrected chi connectivity index (χ2v) is 5.17. The molecule has 0 radical (unpaired) electrons. The molecule has 2 N–H and O–H groups in total. The molecule has 0 bridgehead atoms. The molecule has 1 aromatic rings. The Kier molecular flexibility index (Phi) is 4.73. The number of likely N-dealkylation sites (tertiary alicyclic amines) is 1. The third kappa shape index (κ3) is 3.80. The third-order valence-electron chi connectivity index (χ3n) is 3.32. The average Bonchev–Trinajstić information content (AvgIpc) is 2.81. The first-order valence-electron chi connectivity index (χ1n) is 6.94. The highest BCUT2D eigenvalue weighted by atomic mass is 16.6. The van der Waals surface area contributed by atoms with Gasteiger partial charge in [-0.15, -0.1) is 0 Å². The fourth-order valence-electron chi connectivity index (χ4n) is 2.30. The molecule has 0 amide bonds. The lowest BCUT2D eigenvalue weighted by Gasteiger charge is -2.14. The van der Waals surface area contributed by atoms with Crippen LogP contribution in [0.25, 0.3) is 0 Å². The van der Waals surface area contributed by atoms with Crippen LogP contribution in [-0.2, 0) is 0 Å². The summed E-state index contributed by atoms with van der Waals surface area (Å²) < 4.78 is 0. The Morgan fingerprint density at radius 1 is 1.50 bits per heavy atom. The zero-order valence-electron chi connectivity index (χ0n) is 11.9. The van der Waals surface area contributed by atoms with Gasteiger partial charge in [0.2, 0.25) is 0 Å². The molecule has 7 nitrogen and oxygen atoms in total. The fourth-order valence-corrected chi connectivity index (χ4v) is 2.30. The summed E-state index contributed by atoms with van der Waals surface area (Å²) in [5, 5.41) is 17.4. The summed E-state index contributed by atoms with van der Waals surface area (Å²) in [6.45, 7) is 4.76. The van der Waals surface area contributed by atoms with Gasteiger partial charge < -0.3 is 15.5 Å². The zero-order chi connectivity index (χ0) is 14.5. The van der Waals surface area contributed by atoms with Gasteiger partial charge in [0.15, 0.2) is 0 Å². The van der Waals surface area contributed by atoms with Crippen LogP contribution in [0.15, 0.2) is 12.1 Å². The number of likely N-dealkylation sites (N-methyl/N-ethyl adjacent to an activating group) is 1. The SMILES string of the molecule is CCCNc1cc([N+](=O)[O-])cc(NC2CCN(C)C2)n1. The highest BCUT2D eigenvalue weighted by Crippen LogP contribution is 2.22. The second-order valence-electron chi connectivity index (χ2n) is 5.17. The van der Waals surface area contributed by atoms with E-state index in [-0.39, 0.29) is 10.6 Å². The number of aromatic nitrogens is 1. The maximum Gasteiger partial charge on any atom is 0.276 e. The Hall–Kier alpha value is -1.89. The first-order valence-corrected chi connectivity index (χ1v) is 6.94. The molecule has 1 aliphatic rings. The lowest BCUT2D eigenvalue weighted by molar-refractivity contribution is -0.384. The van der Waals surface area contributed by atoms with Gasteiger partial charge in [0.1, 0.15) is 11.6 Å². The molecule has 1 unspecified atom stereocenters. The molecule has 110 valence electrons. The zero-order valence-corrected chi connectivity index (χ0v) is 11.9. The van der Waals surface area contributed by atoms with Crippen molar-refractivity contribution >= 4 is 17.3 Å². The third-order valence-corrected chi connectivity index (χ3v) is 3.32. The van der Waals surface area contributed by atoms with E-state index in [0.717, 1.165) is 32.5 Å². The van der Waals surface area contributed by atoms with Crippen molar-refractivity contribution in [1.29, 1.82) is 0 Å². The summed E-state index contributed by atoms with van der Waals surface area (Å²) in [5.74, 6) is 1.12. The van der Waals surface area contributed by atoms with Crippen molar-refractivity contribution < 1.29 is 4.92 Å². The second kappa shape index (κ2) is 6.51. The van der Waals surface area contributed by atoms with E-state index < -0.39 is 0 Å². The van der Waals surface area contributed by atoms with E-state index >= 15 is 0 Å². The summed E-state index contributed by atoms with van der Waals surface area (Å²) in [6.07, 6.45) is 1.97. The minimum Gasteiger partial charge on any atom is -0.370 e. The number of rotatable bonds is 6. The maximum atomic E-state index is 11.0. The Morgan fingerprint density at radius 2 is 2.25 bits per heavy atom. The minimum atomic E-state index is -0.384. The molecule has 0 spiro atoms. The molecule has 1 aliphatic heterocycles. The van der Waals surface area contributed by atoms with Gasteiger partial charge in [0.05, 0.1) is 17.1 Å². The number of pyridine rings is 1. The minimum absolute atomic E-state index is 0.0625. The largest absolute Gasteiger partial charge is 0.370 e. The highest BCUT2D eigenvalue weighted by molar-refractivity contribution is 5.55. The Balaban J connectivity index is 2.13. The van der Waals surface area contributed by atoms with Crippen LogP contribution in [0.5, 0.6) is 0 Å². The van der Waals surface area contributed by atoms with Crippen molar-refractivity contribution in [1.82, 2.24) is 9.88 Å². The molecule has 1 saturated heterocycles. The van der Waals surface area contributed by atoms with Gasteiger partial charge in [-0.3, -0.25) is 10.1 Å². The van der Waals surface area contributed by atoms with Crippen LogP contribution in [0, 0.1) is 10.1 Å². The first kappa shape index (κ1) is 14.5. The molecule has 7 heteroatoms. The molecular formula is C13H21N5O2. The van der Waals surface area contributed by atoms with Crippen molar-refractivity contribution in [3.8, 4) is 0 Å². The molecule has 2 rings (SSSR count). The van der Waals surface area contributed by atoms with Crippen molar-refractivity contribution in [3.63, 3.8) is 0 Å². The standard InChI is InChI=1S/C13H21N5O2/c1-3-5-14-12-7-11(18(19)20)8-13(16-12)15-10-4-6-17(2)9-10/h7-8,10H,3-6,9H2,1-2H3,(H2,14,15,16). The van der Waals surface area contributed by atoms with E-state index in [9.17, 15) is 10.1 Å². The van der Waals surface area contributed by atoms with Gasteiger partial charge in [-0.1, -0.05) is 6.92 Å². The number of nitro groups is 1. The highest BCUT2D eigenvalue weighted by Gasteiger charge is 2.20. The van der Waals surface area contributed by atoms with Gasteiger partial charge in [0, 0.05) is 19.1 Å². The van der Waals surface area contributed by atoms with Gasteiger partial charge in [-0.05, 0) is 26.4 Å². The monoisotopic (exact) mass is 279 g/mol. The van der Waals surface area contributed by atoms with Crippen LogP contribution in [0.4, 0.5) is 17.3 Å². The van der Waals surface area contributed by atoms with Crippen LogP contribution < -0.4 is 10.6 Å². The molecule has 2 heterocycles. The van der Waals surface area contributed by atoms with E-state index in [1.165, 1.54) is 12.1 Å². The quantitative estimate of drug-likeness (QED) is 0.611. The van der Waals surface area contributed by atoms with E-state index in [1.54, 1.807) is 0 Å². The summed E-state index contributed by atoms with van der Waals surface area (Å²) in [6, 6.07) is 3.27. The van der Waals surface area contributed by atoms with Crippen LogP contribution in [-0.4, -0.2) is 47.5 Å². The van der Waals surface area contributed by atoms with E-state index in [0.29, 0.717) is 17.7 Å². The van der Waals surface area contributed by atoms with Crippen LogP contribution in [0.3, 0.4) is 0 Å². The number of nitrogens with one attached hydrogen (secondary N) is 2. The van der Waals surface area contributed by atoms with Crippen molar-refractivity contribution in [2.45, 2.75) is 25.8 Å². The van der Waals surface area contributed by atoms with E-state index in [1.807, 2.05) is 6.92 Å². The van der Waals surface area contributed by atoms with Gasteiger partial charge in [-0.2, -0.15) is 0 Å². The van der Waals surface area contributed by atoms with Gasteiger partial charge in [0.25, 0.3) is 5.69 Å². The van der Waals surface area contributed by atoms with Crippen molar-refractivity contribution in [2.75, 3.05) is 37.3 Å². The summed E-state index contributed by atoms with van der Waals surface area (Å²) in [5.41, 5.74) is 0.0625. The van der Waals surface area contributed by atoms with E-state index in [2.05, 4.69) is 27.6 Å². The number of anilines is 2. The molecule has 0 aromatic carbocycles. The average molecular weight is 279 g/mol. The van der Waals surface area contributed by atoms with Crippen LogP contribution in [0.2, 0.25) is 0 Å². The number of hydrogen-bond acceptors (Lipinski definition) is 6. The summed E-state index contributed by atoms with van der Waals surface area (Å²) in [4.78, 5) is 17.2. The number of hydrogen-bond donors (Lipinski definition) is 2. The lowest BCUT2D eigenvalue weighted by Crippen LogP contribution is -2.24. The van der Waals surface area contributed by atoms with Crippen LogP contribution in [0.1, 0.15) is 19.8 Å². The fraction of sp³-hybridized carbons (Fsp3) is 0.615. The molecular weight excluding hydrogens is 258 g/mol.